The van der Waals surface area contributed by atoms with Gasteiger partial charge in [-0.3, -0.25) is 9.59 Å². The van der Waals surface area contributed by atoms with Gasteiger partial charge in [0.1, 0.15) is 24.7 Å². The van der Waals surface area contributed by atoms with Crippen LogP contribution in [0.3, 0.4) is 0 Å². The maximum atomic E-state index is 13.7. The molecule has 2 amide bonds. The minimum Gasteiger partial charge on any atom is -0.497 e. The van der Waals surface area contributed by atoms with E-state index in [1.165, 1.54) is 0 Å². The standard InChI is InChI=1S/C28H28N2O6/c1-33-21-8-3-18(4-9-21)27-23(12-14-26(31)30(27)20-6-10-22(34-2)11-7-20)28(32)29-19-5-13-24-25(17-19)36-16-15-35-24/h3-11,13,17,23,27H,12,14-16H2,1-2H3,(H,29,32)/t23-,27+/m0/s1. The lowest BCUT2D eigenvalue weighted by atomic mass is 9.83. The summed E-state index contributed by atoms with van der Waals surface area (Å²) >= 11 is 0. The van der Waals surface area contributed by atoms with E-state index in [2.05, 4.69) is 5.32 Å². The van der Waals surface area contributed by atoms with Gasteiger partial charge < -0.3 is 29.2 Å². The molecule has 3 aromatic carbocycles. The second-order valence-corrected chi connectivity index (χ2v) is 8.67. The number of hydrogen-bond donors (Lipinski definition) is 1. The van der Waals surface area contributed by atoms with Crippen molar-refractivity contribution in [2.24, 2.45) is 5.92 Å². The number of amides is 2. The SMILES string of the molecule is COc1ccc([C@@H]2[C@@H](C(=O)Nc3ccc4c(c3)OCCO4)CCC(=O)N2c2ccc(OC)cc2)cc1. The third kappa shape index (κ3) is 4.66. The molecule has 1 N–H and O–H groups in total. The Morgan fingerprint density at radius 3 is 2.19 bits per heavy atom. The van der Waals surface area contributed by atoms with Gasteiger partial charge >= 0.3 is 0 Å². The molecule has 36 heavy (non-hydrogen) atoms. The highest BCUT2D eigenvalue weighted by atomic mass is 16.6. The molecular formula is C28H28N2O6. The van der Waals surface area contributed by atoms with Crippen LogP contribution in [0.1, 0.15) is 24.4 Å². The fourth-order valence-electron chi connectivity index (χ4n) is 4.75. The van der Waals surface area contributed by atoms with Crippen molar-refractivity contribution in [3.05, 3.63) is 72.3 Å². The summed E-state index contributed by atoms with van der Waals surface area (Å²) in [5.41, 5.74) is 2.17. The van der Waals surface area contributed by atoms with Crippen LogP contribution in [-0.4, -0.2) is 39.2 Å². The third-order valence-corrected chi connectivity index (χ3v) is 6.55. The minimum atomic E-state index is -0.497. The van der Waals surface area contributed by atoms with Crippen LogP contribution in [0.5, 0.6) is 23.0 Å². The molecule has 0 aliphatic carbocycles. The van der Waals surface area contributed by atoms with E-state index in [-0.39, 0.29) is 18.2 Å². The number of nitrogens with one attached hydrogen (secondary N) is 1. The van der Waals surface area contributed by atoms with Gasteiger partial charge in [-0.15, -0.1) is 0 Å². The van der Waals surface area contributed by atoms with Gasteiger partial charge in [0, 0.05) is 23.9 Å². The maximum absolute atomic E-state index is 13.7. The highest BCUT2D eigenvalue weighted by Crippen LogP contribution is 2.41. The molecule has 0 bridgehead atoms. The molecule has 2 aliphatic rings. The fourth-order valence-corrected chi connectivity index (χ4v) is 4.75. The van der Waals surface area contributed by atoms with E-state index in [9.17, 15) is 9.59 Å². The van der Waals surface area contributed by atoms with Crippen molar-refractivity contribution in [2.45, 2.75) is 18.9 Å². The Morgan fingerprint density at radius 1 is 0.889 bits per heavy atom. The van der Waals surface area contributed by atoms with Crippen molar-refractivity contribution in [1.82, 2.24) is 0 Å². The quantitative estimate of drug-likeness (QED) is 0.546. The molecule has 1 saturated heterocycles. The first-order chi connectivity index (χ1) is 17.6. The number of anilines is 2. The summed E-state index contributed by atoms with van der Waals surface area (Å²) in [6.07, 6.45) is 0.691. The van der Waals surface area contributed by atoms with Crippen molar-refractivity contribution in [3.8, 4) is 23.0 Å². The second-order valence-electron chi connectivity index (χ2n) is 8.67. The number of carbonyl (C=O) groups excluding carboxylic acids is 2. The van der Waals surface area contributed by atoms with E-state index in [0.29, 0.717) is 54.0 Å². The van der Waals surface area contributed by atoms with Crippen LogP contribution in [0, 0.1) is 5.92 Å². The molecule has 0 radical (unpaired) electrons. The normalized spacial score (nSPS) is 18.9. The smallest absolute Gasteiger partial charge is 0.229 e. The Labute approximate surface area is 209 Å². The summed E-state index contributed by atoms with van der Waals surface area (Å²) in [7, 11) is 3.20. The number of nitrogens with zero attached hydrogens (tertiary/aromatic N) is 1. The topological polar surface area (TPSA) is 86.3 Å². The zero-order chi connectivity index (χ0) is 25.1. The molecule has 1 fully saturated rings. The molecule has 0 aromatic heterocycles. The number of ether oxygens (including phenoxy) is 4. The molecule has 0 unspecified atom stereocenters. The van der Waals surface area contributed by atoms with Crippen LogP contribution in [0.15, 0.2) is 66.7 Å². The summed E-state index contributed by atoms with van der Waals surface area (Å²) < 4.78 is 21.8. The van der Waals surface area contributed by atoms with E-state index >= 15 is 0 Å². The van der Waals surface area contributed by atoms with E-state index in [1.807, 2.05) is 48.5 Å². The van der Waals surface area contributed by atoms with Gasteiger partial charge in [-0.2, -0.15) is 0 Å². The lowest BCUT2D eigenvalue weighted by Gasteiger charge is -2.41. The van der Waals surface area contributed by atoms with Crippen molar-refractivity contribution < 1.29 is 28.5 Å². The summed E-state index contributed by atoms with van der Waals surface area (Å²) in [6.45, 7) is 0.963. The first kappa shape index (κ1) is 23.5. The van der Waals surface area contributed by atoms with Gasteiger partial charge in [-0.05, 0) is 60.5 Å². The van der Waals surface area contributed by atoms with Gasteiger partial charge in [-0.25, -0.2) is 0 Å². The summed E-state index contributed by atoms with van der Waals surface area (Å²) in [5.74, 6) is 1.97. The number of methoxy groups -OCH3 is 2. The summed E-state index contributed by atoms with van der Waals surface area (Å²) in [5, 5.41) is 3.03. The molecule has 186 valence electrons. The van der Waals surface area contributed by atoms with Gasteiger partial charge in [0.25, 0.3) is 0 Å². The van der Waals surface area contributed by atoms with Crippen molar-refractivity contribution in [3.63, 3.8) is 0 Å². The van der Waals surface area contributed by atoms with E-state index in [1.54, 1.807) is 37.3 Å². The van der Waals surface area contributed by atoms with Crippen LogP contribution in [-0.2, 0) is 9.59 Å². The molecule has 2 atom stereocenters. The van der Waals surface area contributed by atoms with Crippen molar-refractivity contribution in [1.29, 1.82) is 0 Å². The Hall–Kier alpha value is -4.20. The molecule has 5 rings (SSSR count). The number of fused-ring (bicyclic) bond motifs is 1. The van der Waals surface area contributed by atoms with Crippen molar-refractivity contribution in [2.75, 3.05) is 37.7 Å². The molecule has 2 aliphatic heterocycles. The average Bonchev–Trinajstić information content (AvgIpc) is 2.93. The number of benzene rings is 3. The summed E-state index contributed by atoms with van der Waals surface area (Å²) in [6, 6.07) is 19.7. The lowest BCUT2D eigenvalue weighted by molar-refractivity contribution is -0.125. The molecule has 8 heteroatoms. The number of carbonyl (C=O) groups is 2. The molecule has 0 spiro atoms. The highest BCUT2D eigenvalue weighted by Gasteiger charge is 2.41. The first-order valence-electron chi connectivity index (χ1n) is 11.9. The molecule has 2 heterocycles. The first-order valence-corrected chi connectivity index (χ1v) is 11.9. The van der Waals surface area contributed by atoms with Crippen LogP contribution >= 0.6 is 0 Å². The number of piperidine rings is 1. The van der Waals surface area contributed by atoms with Gasteiger partial charge in [0.05, 0.1) is 26.2 Å². The average molecular weight is 489 g/mol. The minimum absolute atomic E-state index is 0.0376. The zero-order valence-corrected chi connectivity index (χ0v) is 20.2. The van der Waals surface area contributed by atoms with Crippen molar-refractivity contribution >= 4 is 23.2 Å². The molecular weight excluding hydrogens is 460 g/mol. The third-order valence-electron chi connectivity index (χ3n) is 6.55. The van der Waals surface area contributed by atoms with Gasteiger partial charge in [0.2, 0.25) is 11.8 Å². The Kier molecular flexibility index (Phi) is 6.66. The lowest BCUT2D eigenvalue weighted by Crippen LogP contribution is -2.47. The largest absolute Gasteiger partial charge is 0.497 e. The zero-order valence-electron chi connectivity index (χ0n) is 20.2. The second kappa shape index (κ2) is 10.2. The maximum Gasteiger partial charge on any atom is 0.229 e. The van der Waals surface area contributed by atoms with Gasteiger partial charge in [-0.1, -0.05) is 12.1 Å². The number of rotatable bonds is 6. The van der Waals surface area contributed by atoms with E-state index in [0.717, 1.165) is 5.56 Å². The van der Waals surface area contributed by atoms with Crippen LogP contribution < -0.4 is 29.2 Å². The van der Waals surface area contributed by atoms with Crippen LogP contribution in [0.4, 0.5) is 11.4 Å². The van der Waals surface area contributed by atoms with E-state index in [4.69, 9.17) is 18.9 Å². The monoisotopic (exact) mass is 488 g/mol. The number of hydrogen-bond acceptors (Lipinski definition) is 6. The fraction of sp³-hybridized carbons (Fsp3) is 0.286. The Morgan fingerprint density at radius 2 is 1.53 bits per heavy atom. The van der Waals surface area contributed by atoms with Crippen LogP contribution in [0.25, 0.3) is 0 Å². The Balaban J connectivity index is 1.49. The molecule has 0 saturated carbocycles. The van der Waals surface area contributed by atoms with Crippen LogP contribution in [0.2, 0.25) is 0 Å². The van der Waals surface area contributed by atoms with Gasteiger partial charge in [0.15, 0.2) is 11.5 Å². The van der Waals surface area contributed by atoms with E-state index < -0.39 is 12.0 Å². The predicted molar refractivity (Wildman–Crippen MR) is 135 cm³/mol. The summed E-state index contributed by atoms with van der Waals surface area (Å²) in [4.78, 5) is 28.6. The Bertz CT molecular complexity index is 1240. The predicted octanol–water partition coefficient (Wildman–Crippen LogP) is 4.60. The molecule has 3 aromatic rings. The highest BCUT2D eigenvalue weighted by molar-refractivity contribution is 6.00. The molecule has 8 nitrogen and oxygen atoms in total.